The summed E-state index contributed by atoms with van der Waals surface area (Å²) >= 11 is 6.19. The first kappa shape index (κ1) is 23.2. The number of carboxylic acids is 1. The summed E-state index contributed by atoms with van der Waals surface area (Å²) in [5, 5.41) is 22.3. The van der Waals surface area contributed by atoms with Gasteiger partial charge in [0.25, 0.3) is 5.91 Å². The number of carbonyl (C=O) groups is 2. The zero-order chi connectivity index (χ0) is 24.2. The minimum absolute atomic E-state index is 0.0599. The first-order chi connectivity index (χ1) is 16.4. The minimum Gasteiger partial charge on any atom is -0.477 e. The SMILES string of the molecule is O=C(NCCO)c1ccc(Cc2c(C(=O)O)n(-c3ccccc3)c3cc(Cl)ccc3c2=O)cc1. The number of hydrogen-bond acceptors (Lipinski definition) is 4. The molecule has 0 aliphatic heterocycles. The van der Waals surface area contributed by atoms with Crippen molar-refractivity contribution in [1.82, 2.24) is 9.88 Å². The lowest BCUT2D eigenvalue weighted by Crippen LogP contribution is -2.26. The molecule has 0 spiro atoms. The van der Waals surface area contributed by atoms with Crippen molar-refractivity contribution in [3.63, 3.8) is 0 Å². The van der Waals surface area contributed by atoms with Gasteiger partial charge in [-0.15, -0.1) is 0 Å². The Hall–Kier alpha value is -3.94. The number of fused-ring (bicyclic) bond motifs is 1. The average Bonchev–Trinajstić information content (AvgIpc) is 2.84. The standard InChI is InChI=1S/C26H21ClN2O5/c27-18-10-11-20-22(15-18)29(19-4-2-1-3-5-19)23(26(33)34)21(24(20)31)14-16-6-8-17(9-7-16)25(32)28-12-13-30/h1-11,15,30H,12-14H2,(H,28,32)(H,33,34). The van der Waals surface area contributed by atoms with E-state index in [4.69, 9.17) is 16.7 Å². The highest BCUT2D eigenvalue weighted by Crippen LogP contribution is 2.26. The van der Waals surface area contributed by atoms with Crippen molar-refractivity contribution < 1.29 is 19.8 Å². The van der Waals surface area contributed by atoms with Gasteiger partial charge >= 0.3 is 5.97 Å². The molecule has 0 aliphatic carbocycles. The number of carboxylic acid groups (broad SMARTS) is 1. The Morgan fingerprint density at radius 2 is 1.68 bits per heavy atom. The summed E-state index contributed by atoms with van der Waals surface area (Å²) in [5.74, 6) is -1.57. The number of nitrogens with zero attached hydrogens (tertiary/aromatic N) is 1. The number of amides is 1. The van der Waals surface area contributed by atoms with E-state index in [0.717, 1.165) is 0 Å². The topological polar surface area (TPSA) is 109 Å². The number of para-hydroxylation sites is 1. The van der Waals surface area contributed by atoms with Gasteiger partial charge < -0.3 is 20.1 Å². The zero-order valence-corrected chi connectivity index (χ0v) is 18.7. The van der Waals surface area contributed by atoms with E-state index in [1.54, 1.807) is 66.7 Å². The minimum atomic E-state index is -1.24. The molecule has 1 amide bonds. The lowest BCUT2D eigenvalue weighted by atomic mass is 9.98. The van der Waals surface area contributed by atoms with Crippen molar-refractivity contribution in [2.45, 2.75) is 6.42 Å². The first-order valence-corrected chi connectivity index (χ1v) is 10.9. The second kappa shape index (κ2) is 9.91. The molecule has 1 heterocycles. The van der Waals surface area contributed by atoms with Crippen LogP contribution < -0.4 is 10.7 Å². The molecule has 3 N–H and O–H groups in total. The lowest BCUT2D eigenvalue weighted by Gasteiger charge is -2.18. The molecule has 3 aromatic carbocycles. The van der Waals surface area contributed by atoms with Crippen LogP contribution in [0.4, 0.5) is 0 Å². The number of rotatable bonds is 7. The molecule has 0 bridgehead atoms. The maximum absolute atomic E-state index is 13.4. The highest BCUT2D eigenvalue weighted by molar-refractivity contribution is 6.31. The molecule has 0 saturated carbocycles. The average molecular weight is 477 g/mol. The van der Waals surface area contributed by atoms with E-state index < -0.39 is 5.97 Å². The molecular weight excluding hydrogens is 456 g/mol. The van der Waals surface area contributed by atoms with Crippen LogP contribution in [-0.2, 0) is 6.42 Å². The Morgan fingerprint density at radius 3 is 2.32 bits per heavy atom. The maximum atomic E-state index is 13.4. The number of pyridine rings is 1. The van der Waals surface area contributed by atoms with Gasteiger partial charge in [0, 0.05) is 40.2 Å². The van der Waals surface area contributed by atoms with Crippen LogP contribution in [0.25, 0.3) is 16.6 Å². The maximum Gasteiger partial charge on any atom is 0.353 e. The molecule has 0 radical (unpaired) electrons. The van der Waals surface area contributed by atoms with Gasteiger partial charge in [-0.05, 0) is 48.0 Å². The molecule has 0 aliphatic rings. The van der Waals surface area contributed by atoms with E-state index in [9.17, 15) is 19.5 Å². The zero-order valence-electron chi connectivity index (χ0n) is 18.0. The number of aromatic carboxylic acids is 1. The number of hydrogen-bond donors (Lipinski definition) is 3. The van der Waals surface area contributed by atoms with Crippen LogP contribution >= 0.6 is 11.6 Å². The smallest absolute Gasteiger partial charge is 0.353 e. The van der Waals surface area contributed by atoms with E-state index in [2.05, 4.69) is 5.32 Å². The third kappa shape index (κ3) is 4.57. The Bertz CT molecular complexity index is 1430. The van der Waals surface area contributed by atoms with Crippen LogP contribution in [0.15, 0.2) is 77.6 Å². The van der Waals surface area contributed by atoms with E-state index >= 15 is 0 Å². The highest BCUT2D eigenvalue weighted by Gasteiger charge is 2.23. The molecule has 0 saturated heterocycles. The van der Waals surface area contributed by atoms with Gasteiger partial charge in [0.15, 0.2) is 5.43 Å². The molecule has 0 fully saturated rings. The molecule has 8 heteroatoms. The van der Waals surface area contributed by atoms with Crippen LogP contribution in [0, 0.1) is 0 Å². The molecular formula is C26H21ClN2O5. The summed E-state index contributed by atoms with van der Waals surface area (Å²) in [4.78, 5) is 38.0. The summed E-state index contributed by atoms with van der Waals surface area (Å²) in [5.41, 5.74) is 1.65. The summed E-state index contributed by atoms with van der Waals surface area (Å²) in [7, 11) is 0. The fourth-order valence-electron chi connectivity index (χ4n) is 3.89. The number of aliphatic hydroxyl groups is 1. The van der Waals surface area contributed by atoms with Crippen LogP contribution in [0.1, 0.15) is 32.0 Å². The predicted molar refractivity (Wildman–Crippen MR) is 130 cm³/mol. The van der Waals surface area contributed by atoms with Gasteiger partial charge in [-0.2, -0.15) is 0 Å². The first-order valence-electron chi connectivity index (χ1n) is 10.5. The molecule has 0 atom stereocenters. The van der Waals surface area contributed by atoms with Gasteiger partial charge in [0.2, 0.25) is 0 Å². The number of benzene rings is 3. The Labute approximate surface area is 199 Å². The van der Waals surface area contributed by atoms with Crippen molar-refractivity contribution in [2.24, 2.45) is 0 Å². The Morgan fingerprint density at radius 1 is 0.971 bits per heavy atom. The second-order valence-corrected chi connectivity index (χ2v) is 8.08. The van der Waals surface area contributed by atoms with E-state index in [1.165, 1.54) is 4.57 Å². The van der Waals surface area contributed by atoms with Gasteiger partial charge in [-0.25, -0.2) is 4.79 Å². The normalized spacial score (nSPS) is 10.9. The van der Waals surface area contributed by atoms with Crippen molar-refractivity contribution in [3.8, 4) is 5.69 Å². The highest BCUT2D eigenvalue weighted by atomic mass is 35.5. The fourth-order valence-corrected chi connectivity index (χ4v) is 4.06. The molecule has 4 rings (SSSR count). The summed E-state index contributed by atoms with van der Waals surface area (Å²) < 4.78 is 1.54. The van der Waals surface area contributed by atoms with Crippen molar-refractivity contribution in [3.05, 3.63) is 110 Å². The van der Waals surface area contributed by atoms with Crippen LogP contribution in [0.2, 0.25) is 5.02 Å². The summed E-state index contributed by atoms with van der Waals surface area (Å²) in [6.45, 7) is -0.0225. The van der Waals surface area contributed by atoms with Crippen LogP contribution in [-0.4, -0.2) is 39.8 Å². The van der Waals surface area contributed by atoms with E-state index in [-0.39, 0.29) is 42.2 Å². The van der Waals surface area contributed by atoms with E-state index in [0.29, 0.717) is 32.7 Å². The Balaban J connectivity index is 1.88. The van der Waals surface area contributed by atoms with Gasteiger partial charge in [0.05, 0.1) is 12.1 Å². The van der Waals surface area contributed by atoms with E-state index in [1.807, 2.05) is 6.07 Å². The number of aliphatic hydroxyl groups excluding tert-OH is 1. The molecule has 34 heavy (non-hydrogen) atoms. The molecule has 7 nitrogen and oxygen atoms in total. The van der Waals surface area contributed by atoms with Crippen LogP contribution in [0.5, 0.6) is 0 Å². The number of aromatic nitrogens is 1. The molecule has 172 valence electrons. The number of carbonyl (C=O) groups excluding carboxylic acids is 1. The predicted octanol–water partition coefficient (Wildman–Crippen LogP) is 3.66. The monoisotopic (exact) mass is 476 g/mol. The third-order valence-electron chi connectivity index (χ3n) is 5.44. The lowest BCUT2D eigenvalue weighted by molar-refractivity contribution is 0.0686. The van der Waals surface area contributed by atoms with Crippen LogP contribution in [0.3, 0.4) is 0 Å². The Kier molecular flexibility index (Phi) is 6.77. The van der Waals surface area contributed by atoms with Crippen molar-refractivity contribution >= 4 is 34.4 Å². The number of halogens is 1. The summed E-state index contributed by atoms with van der Waals surface area (Å²) in [6.07, 6.45) is 0.0599. The number of nitrogens with one attached hydrogen (secondary N) is 1. The summed E-state index contributed by atoms with van der Waals surface area (Å²) in [6, 6.07) is 20.3. The van der Waals surface area contributed by atoms with Crippen molar-refractivity contribution in [1.29, 1.82) is 0 Å². The van der Waals surface area contributed by atoms with Gasteiger partial charge in [0.1, 0.15) is 5.69 Å². The molecule has 0 unspecified atom stereocenters. The third-order valence-corrected chi connectivity index (χ3v) is 5.68. The molecule has 4 aromatic rings. The quantitative estimate of drug-likeness (QED) is 0.377. The molecule has 1 aromatic heterocycles. The van der Waals surface area contributed by atoms with Crippen molar-refractivity contribution in [2.75, 3.05) is 13.2 Å². The van der Waals surface area contributed by atoms with Gasteiger partial charge in [-0.3, -0.25) is 9.59 Å². The van der Waals surface area contributed by atoms with Gasteiger partial charge in [-0.1, -0.05) is 41.9 Å². The largest absolute Gasteiger partial charge is 0.477 e. The second-order valence-electron chi connectivity index (χ2n) is 7.65. The fraction of sp³-hybridized carbons (Fsp3) is 0.115.